The number of nitro benzene ring substituents is 1. The Morgan fingerprint density at radius 1 is 1.00 bits per heavy atom. The highest BCUT2D eigenvalue weighted by molar-refractivity contribution is 5.99. The Balaban J connectivity index is 3.80. The van der Waals surface area contributed by atoms with E-state index in [1.54, 1.807) is 0 Å². The van der Waals surface area contributed by atoms with Crippen molar-refractivity contribution in [2.75, 3.05) is 14.2 Å². The largest absolute Gasteiger partial charge is 0.468 e. The molecule has 0 N–H and O–H groups in total. The number of carbonyl (C=O) groups excluding carboxylic acids is 3. The highest BCUT2D eigenvalue weighted by Gasteiger charge is 2.51. The van der Waals surface area contributed by atoms with Gasteiger partial charge in [-0.2, -0.15) is 0 Å². The van der Waals surface area contributed by atoms with E-state index in [1.807, 2.05) is 0 Å². The van der Waals surface area contributed by atoms with Crippen LogP contribution < -0.4 is 0 Å². The summed E-state index contributed by atoms with van der Waals surface area (Å²) in [7, 11) is 1.84. The van der Waals surface area contributed by atoms with Crippen molar-refractivity contribution in [1.82, 2.24) is 0 Å². The second-order valence-corrected chi connectivity index (χ2v) is 5.21. The van der Waals surface area contributed by atoms with Gasteiger partial charge in [0.2, 0.25) is 0 Å². The average Bonchev–Trinajstić information content (AvgIpc) is 2.59. The highest BCUT2D eigenvalue weighted by Crippen LogP contribution is 2.37. The number of rotatable bonds is 8. The Morgan fingerprint density at radius 3 is 1.96 bits per heavy atom. The first-order valence-corrected chi connectivity index (χ1v) is 7.20. The van der Waals surface area contributed by atoms with Gasteiger partial charge >= 0.3 is 18.0 Å². The Morgan fingerprint density at radius 2 is 1.54 bits per heavy atom. The minimum atomic E-state index is -2.23. The van der Waals surface area contributed by atoms with Crippen LogP contribution in [-0.2, 0) is 23.9 Å². The minimum absolute atomic E-state index is 0.324. The number of benzene rings is 1. The molecule has 3 unspecified atom stereocenters. The van der Waals surface area contributed by atoms with Gasteiger partial charge in [-0.05, 0) is 6.92 Å². The molecule has 0 heterocycles. The van der Waals surface area contributed by atoms with Crippen LogP contribution in [0.2, 0.25) is 0 Å². The van der Waals surface area contributed by atoms with Crippen LogP contribution in [0.1, 0.15) is 18.4 Å². The molecule has 0 saturated carbocycles. The van der Waals surface area contributed by atoms with Crippen LogP contribution in [0, 0.1) is 26.1 Å². The zero-order valence-electron chi connectivity index (χ0n) is 14.1. The number of ketones is 1. The molecule has 0 aliphatic rings. The summed E-state index contributed by atoms with van der Waals surface area (Å²) < 4.78 is 8.92. The van der Waals surface area contributed by atoms with Gasteiger partial charge in [0, 0.05) is 16.6 Å². The molecule has 11 heteroatoms. The third-order valence-corrected chi connectivity index (χ3v) is 3.75. The Bertz CT molecular complexity index is 712. The maximum absolute atomic E-state index is 12.1. The number of methoxy groups -OCH3 is 2. The molecular formula is C15H16N2O9. The molecule has 0 saturated heterocycles. The number of ether oxygens (including phenoxy) is 2. The molecule has 0 aliphatic carbocycles. The lowest BCUT2D eigenvalue weighted by atomic mass is 9.78. The van der Waals surface area contributed by atoms with Crippen LogP contribution in [-0.4, -0.2) is 47.8 Å². The summed E-state index contributed by atoms with van der Waals surface area (Å²) >= 11 is 0. The predicted octanol–water partition coefficient (Wildman–Crippen LogP) is 0.875. The number of Topliss-reactive ketones (excluding diaryl/α,β-unsaturated/α-hetero) is 1. The second kappa shape index (κ2) is 8.65. The van der Waals surface area contributed by atoms with E-state index >= 15 is 0 Å². The summed E-state index contributed by atoms with van der Waals surface area (Å²) in [6.07, 6.45) is 0. The van der Waals surface area contributed by atoms with Gasteiger partial charge < -0.3 is 9.47 Å². The van der Waals surface area contributed by atoms with Crippen molar-refractivity contribution in [3.8, 4) is 0 Å². The Labute approximate surface area is 147 Å². The van der Waals surface area contributed by atoms with Gasteiger partial charge in [0.15, 0.2) is 0 Å². The van der Waals surface area contributed by atoms with Crippen molar-refractivity contribution in [2.45, 2.75) is 18.9 Å². The van der Waals surface area contributed by atoms with Crippen molar-refractivity contribution in [3.05, 3.63) is 50.1 Å². The summed E-state index contributed by atoms with van der Waals surface area (Å²) in [5.41, 5.74) is -0.904. The average molecular weight is 368 g/mol. The van der Waals surface area contributed by atoms with Crippen LogP contribution in [0.15, 0.2) is 24.3 Å². The van der Waals surface area contributed by atoms with Crippen LogP contribution >= 0.6 is 0 Å². The quantitative estimate of drug-likeness (QED) is 0.281. The first kappa shape index (κ1) is 20.7. The van der Waals surface area contributed by atoms with Gasteiger partial charge in [-0.15, -0.1) is 0 Å². The molecule has 0 aromatic heterocycles. The standard InChI is InChI=1S/C15H16N2O9/c1-8(18)11(14(19)25-2)12(13(17(23)24)15(20)26-3)9-6-4-5-7-10(9)16(21)22/h4-7,11-13H,1-3H3. The molecule has 0 spiro atoms. The SMILES string of the molecule is COC(=O)C(C(C)=O)C(c1ccccc1[N+](=O)[O-])C(C(=O)OC)[N+](=O)[O-]. The van der Waals surface area contributed by atoms with Crippen molar-refractivity contribution in [2.24, 2.45) is 5.92 Å². The van der Waals surface area contributed by atoms with E-state index in [1.165, 1.54) is 12.1 Å². The van der Waals surface area contributed by atoms with E-state index in [4.69, 9.17) is 0 Å². The maximum Gasteiger partial charge on any atom is 0.382 e. The number of carbonyl (C=O) groups is 3. The molecule has 0 fully saturated rings. The summed E-state index contributed by atoms with van der Waals surface area (Å²) in [6.45, 7) is 0.970. The number of hydrogen-bond acceptors (Lipinski definition) is 9. The molecular weight excluding hydrogens is 352 g/mol. The highest BCUT2D eigenvalue weighted by atomic mass is 16.6. The van der Waals surface area contributed by atoms with Gasteiger partial charge in [0.1, 0.15) is 11.7 Å². The van der Waals surface area contributed by atoms with Crippen molar-refractivity contribution in [3.63, 3.8) is 0 Å². The molecule has 140 valence electrons. The van der Waals surface area contributed by atoms with Gasteiger partial charge in [0.25, 0.3) is 5.69 Å². The lowest BCUT2D eigenvalue weighted by Crippen LogP contribution is -2.44. The topological polar surface area (TPSA) is 156 Å². The molecule has 0 bridgehead atoms. The number of esters is 2. The molecule has 1 aromatic rings. The predicted molar refractivity (Wildman–Crippen MR) is 84.8 cm³/mol. The third-order valence-electron chi connectivity index (χ3n) is 3.75. The van der Waals surface area contributed by atoms with Crippen molar-refractivity contribution >= 4 is 23.4 Å². The minimum Gasteiger partial charge on any atom is -0.468 e. The lowest BCUT2D eigenvalue weighted by molar-refractivity contribution is -0.515. The van der Waals surface area contributed by atoms with E-state index in [-0.39, 0.29) is 5.56 Å². The summed E-state index contributed by atoms with van der Waals surface area (Å²) in [4.78, 5) is 57.1. The van der Waals surface area contributed by atoms with Gasteiger partial charge in [-0.25, -0.2) is 4.79 Å². The zero-order valence-corrected chi connectivity index (χ0v) is 14.1. The molecule has 0 aliphatic heterocycles. The smallest absolute Gasteiger partial charge is 0.382 e. The molecule has 1 aromatic carbocycles. The summed E-state index contributed by atoms with van der Waals surface area (Å²) in [5, 5.41) is 22.8. The normalized spacial score (nSPS) is 13.8. The van der Waals surface area contributed by atoms with Gasteiger partial charge in [-0.3, -0.25) is 29.8 Å². The number of nitrogens with zero attached hydrogens (tertiary/aromatic N) is 2. The van der Waals surface area contributed by atoms with Crippen molar-refractivity contribution < 1.29 is 33.7 Å². The van der Waals surface area contributed by atoms with Gasteiger partial charge in [0.05, 0.1) is 25.1 Å². The zero-order chi connectivity index (χ0) is 20.0. The molecule has 0 amide bonds. The fraction of sp³-hybridized carbons (Fsp3) is 0.400. The van der Waals surface area contributed by atoms with Crippen LogP contribution in [0.3, 0.4) is 0 Å². The molecule has 26 heavy (non-hydrogen) atoms. The first-order valence-electron chi connectivity index (χ1n) is 7.20. The van der Waals surface area contributed by atoms with E-state index in [0.717, 1.165) is 33.3 Å². The van der Waals surface area contributed by atoms with E-state index in [0.29, 0.717) is 0 Å². The Kier molecular flexibility index (Phi) is 6.88. The second-order valence-electron chi connectivity index (χ2n) is 5.21. The molecule has 3 atom stereocenters. The van der Waals surface area contributed by atoms with E-state index in [2.05, 4.69) is 9.47 Å². The molecule has 0 radical (unpaired) electrons. The maximum atomic E-state index is 12.1. The number of para-hydroxylation sites is 1. The number of hydrogen-bond donors (Lipinski definition) is 0. The van der Waals surface area contributed by atoms with Crippen molar-refractivity contribution in [1.29, 1.82) is 0 Å². The Hall–Kier alpha value is -3.37. The molecule has 1 rings (SSSR count). The van der Waals surface area contributed by atoms with E-state index < -0.39 is 51.1 Å². The van der Waals surface area contributed by atoms with Crippen LogP contribution in [0.25, 0.3) is 0 Å². The fourth-order valence-electron chi connectivity index (χ4n) is 2.64. The first-order chi connectivity index (χ1) is 12.2. The monoisotopic (exact) mass is 368 g/mol. The number of nitro groups is 2. The van der Waals surface area contributed by atoms with Gasteiger partial charge in [-0.1, -0.05) is 18.2 Å². The third kappa shape index (κ3) is 4.18. The van der Waals surface area contributed by atoms with E-state index in [9.17, 15) is 34.6 Å². The van der Waals surface area contributed by atoms with Crippen LogP contribution in [0.5, 0.6) is 0 Å². The summed E-state index contributed by atoms with van der Waals surface area (Å²) in [5.74, 6) is -6.96. The molecule has 11 nitrogen and oxygen atoms in total. The fourth-order valence-corrected chi connectivity index (χ4v) is 2.64. The lowest BCUT2D eigenvalue weighted by Gasteiger charge is -2.24. The summed E-state index contributed by atoms with van der Waals surface area (Å²) in [6, 6.07) is 2.59. The van der Waals surface area contributed by atoms with Crippen LogP contribution in [0.4, 0.5) is 5.69 Å².